The molecule has 2 rings (SSSR count). The lowest BCUT2D eigenvalue weighted by Gasteiger charge is -2.37. The van der Waals surface area contributed by atoms with Crippen molar-refractivity contribution in [2.45, 2.75) is 43.7 Å². The van der Waals surface area contributed by atoms with Crippen LogP contribution in [0, 0.1) is 5.92 Å². The molecule has 0 bridgehead atoms. The van der Waals surface area contributed by atoms with Crippen LogP contribution in [0.1, 0.15) is 20.8 Å². The highest BCUT2D eigenvalue weighted by Gasteiger charge is 2.42. The summed E-state index contributed by atoms with van der Waals surface area (Å²) in [6, 6.07) is 7.87. The summed E-state index contributed by atoms with van der Waals surface area (Å²) in [5.41, 5.74) is 0.942. The van der Waals surface area contributed by atoms with Gasteiger partial charge in [0.2, 0.25) is 5.91 Å². The van der Waals surface area contributed by atoms with Crippen LogP contribution < -0.4 is 4.90 Å². The molecule has 0 N–H and O–H groups in total. The number of nitrogens with zero attached hydrogens (tertiary/aromatic N) is 1. The van der Waals surface area contributed by atoms with Crippen molar-refractivity contribution in [2.75, 3.05) is 18.1 Å². The highest BCUT2D eigenvalue weighted by molar-refractivity contribution is 9.10. The lowest BCUT2D eigenvalue weighted by atomic mass is 10.1. The fraction of sp³-hybridized carbons (Fsp3) is 0.588. The van der Waals surface area contributed by atoms with E-state index in [1.807, 2.05) is 29.2 Å². The molecule has 0 aliphatic carbocycles. The summed E-state index contributed by atoms with van der Waals surface area (Å²) < 4.78 is 7.34. The summed E-state index contributed by atoms with van der Waals surface area (Å²) in [6.07, 6.45) is 0. The molecule has 1 saturated heterocycles. The average molecular weight is 463 g/mol. The monoisotopic (exact) mass is 461 g/mol. The van der Waals surface area contributed by atoms with Crippen molar-refractivity contribution in [3.8, 4) is 0 Å². The van der Waals surface area contributed by atoms with Gasteiger partial charge < -0.3 is 9.33 Å². The van der Waals surface area contributed by atoms with Crippen molar-refractivity contribution >= 4 is 51.8 Å². The molecule has 128 valence electrons. The summed E-state index contributed by atoms with van der Waals surface area (Å²) in [7, 11) is -1.79. The number of alkyl halides is 1. The van der Waals surface area contributed by atoms with Crippen LogP contribution in [0.25, 0.3) is 0 Å². The zero-order valence-corrected chi connectivity index (χ0v) is 18.6. The lowest BCUT2D eigenvalue weighted by molar-refractivity contribution is -0.116. The molecule has 0 radical (unpaired) electrons. The van der Waals surface area contributed by atoms with Gasteiger partial charge in [0, 0.05) is 29.2 Å². The highest BCUT2D eigenvalue weighted by Crippen LogP contribution is 2.38. The number of hydrogen-bond donors (Lipinski definition) is 0. The van der Waals surface area contributed by atoms with Crippen molar-refractivity contribution in [3.63, 3.8) is 0 Å². The van der Waals surface area contributed by atoms with E-state index < -0.39 is 8.32 Å². The van der Waals surface area contributed by atoms with E-state index in [0.29, 0.717) is 13.2 Å². The van der Waals surface area contributed by atoms with Gasteiger partial charge in [-0.25, -0.2) is 0 Å². The Kier molecular flexibility index (Phi) is 5.81. The molecule has 1 fully saturated rings. The molecule has 2 atom stereocenters. The molecule has 3 nitrogen and oxygen atoms in total. The Labute approximate surface area is 157 Å². The molecule has 1 aromatic carbocycles. The van der Waals surface area contributed by atoms with Gasteiger partial charge in [-0.15, -0.1) is 0 Å². The van der Waals surface area contributed by atoms with Crippen LogP contribution in [0.15, 0.2) is 28.7 Å². The fourth-order valence-corrected chi connectivity index (χ4v) is 4.19. The molecular formula is C17H25Br2NO2Si. The zero-order valence-electron chi connectivity index (χ0n) is 14.4. The van der Waals surface area contributed by atoms with E-state index in [4.69, 9.17) is 4.43 Å². The maximum absolute atomic E-state index is 12.5. The van der Waals surface area contributed by atoms with Crippen molar-refractivity contribution < 1.29 is 9.22 Å². The third kappa shape index (κ3) is 4.27. The van der Waals surface area contributed by atoms with Gasteiger partial charge >= 0.3 is 0 Å². The van der Waals surface area contributed by atoms with Crippen molar-refractivity contribution in [3.05, 3.63) is 28.7 Å². The number of anilines is 1. The van der Waals surface area contributed by atoms with Crippen molar-refractivity contribution in [2.24, 2.45) is 5.92 Å². The van der Waals surface area contributed by atoms with Crippen LogP contribution in [-0.4, -0.2) is 32.2 Å². The van der Waals surface area contributed by atoms with Gasteiger partial charge in [-0.1, -0.05) is 52.6 Å². The normalized spacial score (nSPS) is 22.7. The molecule has 6 heteroatoms. The minimum Gasteiger partial charge on any atom is -0.416 e. The van der Waals surface area contributed by atoms with Gasteiger partial charge in [0.05, 0.1) is 0 Å². The van der Waals surface area contributed by atoms with Gasteiger partial charge in [0.25, 0.3) is 0 Å². The molecule has 1 amide bonds. The van der Waals surface area contributed by atoms with Crippen LogP contribution in [0.5, 0.6) is 0 Å². The SMILES string of the molecule is CC(C)(C)[Si](C)(C)OCC1CN(c2ccc(Br)cc2)C(=O)C1Br. The Hall–Kier alpha value is -0.173. The number of halogens is 2. The largest absolute Gasteiger partial charge is 0.416 e. The molecule has 1 aliphatic rings. The summed E-state index contributed by atoms with van der Waals surface area (Å²) >= 11 is 7.01. The number of hydrogen-bond acceptors (Lipinski definition) is 2. The molecule has 0 spiro atoms. The second-order valence-corrected chi connectivity index (χ2v) is 14.4. The maximum Gasteiger partial charge on any atom is 0.241 e. The third-order valence-electron chi connectivity index (χ3n) is 4.94. The van der Waals surface area contributed by atoms with E-state index >= 15 is 0 Å². The van der Waals surface area contributed by atoms with E-state index in [1.54, 1.807) is 0 Å². The summed E-state index contributed by atoms with van der Waals surface area (Å²) in [5.74, 6) is 0.302. The molecule has 0 saturated carbocycles. The molecule has 1 heterocycles. The molecule has 2 unspecified atom stereocenters. The van der Waals surface area contributed by atoms with Crippen LogP contribution in [-0.2, 0) is 9.22 Å². The van der Waals surface area contributed by atoms with Gasteiger partial charge in [-0.05, 0) is 42.4 Å². The molecule has 23 heavy (non-hydrogen) atoms. The summed E-state index contributed by atoms with van der Waals surface area (Å²) in [4.78, 5) is 14.2. The average Bonchev–Trinajstić information content (AvgIpc) is 2.73. The number of amides is 1. The van der Waals surface area contributed by atoms with E-state index in [9.17, 15) is 4.79 Å². The highest BCUT2D eigenvalue weighted by atomic mass is 79.9. The first kappa shape index (κ1) is 19.2. The fourth-order valence-electron chi connectivity index (χ4n) is 2.29. The topological polar surface area (TPSA) is 29.5 Å². The minimum atomic E-state index is -1.79. The van der Waals surface area contributed by atoms with Crippen LogP contribution in [0.2, 0.25) is 18.1 Å². The van der Waals surface area contributed by atoms with Crippen LogP contribution in [0.3, 0.4) is 0 Å². The first-order valence-electron chi connectivity index (χ1n) is 7.88. The predicted molar refractivity (Wildman–Crippen MR) is 106 cm³/mol. The number of rotatable bonds is 4. The summed E-state index contributed by atoms with van der Waals surface area (Å²) in [5, 5.41) is 0.183. The second-order valence-electron chi connectivity index (χ2n) is 7.66. The standard InChI is InChI=1S/C17H25Br2NO2Si/c1-17(2,3)23(4,5)22-11-12-10-20(16(21)15(12)19)14-8-6-13(18)7-9-14/h6-9,12,15H,10-11H2,1-5H3. The number of carbonyl (C=O) groups is 1. The maximum atomic E-state index is 12.5. The van der Waals surface area contributed by atoms with E-state index in [2.05, 4.69) is 65.7 Å². The van der Waals surface area contributed by atoms with E-state index in [1.165, 1.54) is 0 Å². The number of benzene rings is 1. The Morgan fingerprint density at radius 1 is 1.26 bits per heavy atom. The first-order chi connectivity index (χ1) is 10.5. The van der Waals surface area contributed by atoms with Crippen molar-refractivity contribution in [1.82, 2.24) is 0 Å². The second kappa shape index (κ2) is 6.98. The molecule has 1 aromatic rings. The molecular weight excluding hydrogens is 438 g/mol. The quantitative estimate of drug-likeness (QED) is 0.454. The Balaban J connectivity index is 2.05. The summed E-state index contributed by atoms with van der Waals surface area (Å²) in [6.45, 7) is 12.5. The Morgan fingerprint density at radius 2 is 1.83 bits per heavy atom. The van der Waals surface area contributed by atoms with Gasteiger partial charge in [0.1, 0.15) is 4.83 Å². The molecule has 0 aromatic heterocycles. The first-order valence-corrected chi connectivity index (χ1v) is 12.5. The van der Waals surface area contributed by atoms with Crippen LogP contribution in [0.4, 0.5) is 5.69 Å². The minimum absolute atomic E-state index is 0.121. The van der Waals surface area contributed by atoms with Crippen LogP contribution >= 0.6 is 31.9 Å². The Bertz CT molecular complexity index is 569. The van der Waals surface area contributed by atoms with Gasteiger partial charge in [-0.3, -0.25) is 4.79 Å². The van der Waals surface area contributed by atoms with Crippen molar-refractivity contribution in [1.29, 1.82) is 0 Å². The van der Waals surface area contributed by atoms with Gasteiger partial charge in [-0.2, -0.15) is 0 Å². The third-order valence-corrected chi connectivity index (χ3v) is 11.1. The van der Waals surface area contributed by atoms with Gasteiger partial charge in [0.15, 0.2) is 8.32 Å². The lowest BCUT2D eigenvalue weighted by Crippen LogP contribution is -2.42. The molecule has 1 aliphatic heterocycles. The predicted octanol–water partition coefficient (Wildman–Crippen LogP) is 5.20. The zero-order chi connectivity index (χ0) is 17.4. The number of carbonyl (C=O) groups excluding carboxylic acids is 1. The van der Waals surface area contributed by atoms with E-state index in [-0.39, 0.29) is 21.7 Å². The Morgan fingerprint density at radius 3 is 2.35 bits per heavy atom. The smallest absolute Gasteiger partial charge is 0.241 e. The van der Waals surface area contributed by atoms with E-state index in [0.717, 1.165) is 10.2 Å².